The molecule has 4 nitrogen and oxygen atoms in total. The Bertz CT molecular complexity index is 465. The Hall–Kier alpha value is -0.430. The van der Waals surface area contributed by atoms with Crippen LogP contribution in [0.1, 0.15) is 44.9 Å². The zero-order valence-electron chi connectivity index (χ0n) is 11.9. The van der Waals surface area contributed by atoms with E-state index in [0.29, 0.717) is 11.4 Å². The van der Waals surface area contributed by atoms with E-state index in [1.54, 1.807) is 6.07 Å². The zero-order valence-corrected chi connectivity index (χ0v) is 13.5. The first-order valence-corrected chi connectivity index (χ1v) is 9.20. The van der Waals surface area contributed by atoms with Gasteiger partial charge in [0.2, 0.25) is 10.0 Å². The Morgan fingerprint density at radius 1 is 1.26 bits per heavy atom. The van der Waals surface area contributed by atoms with Gasteiger partial charge in [0.05, 0.1) is 4.90 Å². The largest absolute Gasteiger partial charge is 0.312 e. The quantitative estimate of drug-likeness (QED) is 0.690. The van der Waals surface area contributed by atoms with Crippen molar-refractivity contribution in [3.8, 4) is 0 Å². The minimum Gasteiger partial charge on any atom is -0.312 e. The van der Waals surface area contributed by atoms with Crippen molar-refractivity contribution in [1.82, 2.24) is 10.0 Å². The highest BCUT2D eigenvalue weighted by Gasteiger charge is 2.22. The summed E-state index contributed by atoms with van der Waals surface area (Å²) in [5.74, 6) is 0. The van der Waals surface area contributed by atoms with E-state index < -0.39 is 10.0 Å². The first-order valence-electron chi connectivity index (χ1n) is 6.84. The van der Waals surface area contributed by atoms with Gasteiger partial charge in [-0.2, -0.15) is 0 Å². The van der Waals surface area contributed by atoms with Crippen molar-refractivity contribution >= 4 is 21.4 Å². The topological polar surface area (TPSA) is 58.2 Å². The number of hydrogen-bond acceptors (Lipinski definition) is 4. The minimum atomic E-state index is -3.39. The number of sulfonamides is 1. The van der Waals surface area contributed by atoms with Gasteiger partial charge in [0.1, 0.15) is 0 Å². The van der Waals surface area contributed by atoms with Gasteiger partial charge in [0.25, 0.3) is 0 Å². The molecular weight excluding hydrogens is 280 g/mol. The number of thiophene rings is 1. The van der Waals surface area contributed by atoms with E-state index in [4.69, 9.17) is 0 Å². The zero-order chi connectivity index (χ0) is 14.3. The van der Waals surface area contributed by atoms with Gasteiger partial charge < -0.3 is 5.32 Å². The second kappa shape index (κ2) is 7.99. The molecule has 0 aromatic carbocycles. The van der Waals surface area contributed by atoms with Gasteiger partial charge >= 0.3 is 0 Å². The number of rotatable bonds is 9. The SMILES string of the molecule is CCCNCc1sccc1S(=O)(=O)NC(CC)CC. The fourth-order valence-electron chi connectivity index (χ4n) is 1.81. The molecular formula is C13H24N2O2S2. The van der Waals surface area contributed by atoms with Gasteiger partial charge in [-0.25, -0.2) is 13.1 Å². The summed E-state index contributed by atoms with van der Waals surface area (Å²) in [6.45, 7) is 7.60. The van der Waals surface area contributed by atoms with Crippen LogP contribution in [0.2, 0.25) is 0 Å². The lowest BCUT2D eigenvalue weighted by Gasteiger charge is -2.15. The van der Waals surface area contributed by atoms with Gasteiger partial charge in [-0.05, 0) is 37.3 Å². The van der Waals surface area contributed by atoms with Crippen molar-refractivity contribution < 1.29 is 8.42 Å². The van der Waals surface area contributed by atoms with Crippen molar-refractivity contribution in [3.63, 3.8) is 0 Å². The Labute approximate surface area is 120 Å². The summed E-state index contributed by atoms with van der Waals surface area (Å²) in [5, 5.41) is 5.09. The van der Waals surface area contributed by atoms with E-state index in [0.717, 1.165) is 30.7 Å². The van der Waals surface area contributed by atoms with Crippen LogP contribution in [0, 0.1) is 0 Å². The predicted octanol–water partition coefficient (Wildman–Crippen LogP) is 2.71. The molecule has 110 valence electrons. The van der Waals surface area contributed by atoms with E-state index in [2.05, 4.69) is 17.0 Å². The molecule has 0 bridgehead atoms. The summed E-state index contributed by atoms with van der Waals surface area (Å²) in [6, 6.07) is 1.71. The standard InChI is InChI=1S/C13H24N2O2S2/c1-4-8-14-10-12-13(7-9-18-12)19(16,17)15-11(5-2)6-3/h7,9,11,14-15H,4-6,8,10H2,1-3H3. The minimum absolute atomic E-state index is 0.0151. The Morgan fingerprint density at radius 3 is 2.53 bits per heavy atom. The number of hydrogen-bond donors (Lipinski definition) is 2. The van der Waals surface area contributed by atoms with Crippen LogP contribution in [0.25, 0.3) is 0 Å². The number of nitrogens with one attached hydrogen (secondary N) is 2. The van der Waals surface area contributed by atoms with Crippen LogP contribution in [0.3, 0.4) is 0 Å². The molecule has 0 atom stereocenters. The summed E-state index contributed by atoms with van der Waals surface area (Å²) in [7, 11) is -3.39. The average molecular weight is 304 g/mol. The molecule has 0 radical (unpaired) electrons. The normalized spacial score (nSPS) is 12.2. The van der Waals surface area contributed by atoms with Gasteiger partial charge in [-0.15, -0.1) is 11.3 Å². The van der Waals surface area contributed by atoms with Crippen LogP contribution in [-0.2, 0) is 16.6 Å². The lowest BCUT2D eigenvalue weighted by molar-refractivity contribution is 0.529. The fourth-order valence-corrected chi connectivity index (χ4v) is 4.63. The van der Waals surface area contributed by atoms with Gasteiger partial charge in [0, 0.05) is 17.5 Å². The van der Waals surface area contributed by atoms with Crippen LogP contribution in [-0.4, -0.2) is 21.0 Å². The van der Waals surface area contributed by atoms with Crippen LogP contribution < -0.4 is 10.0 Å². The van der Waals surface area contributed by atoms with Crippen molar-refractivity contribution in [2.45, 2.75) is 57.5 Å². The van der Waals surface area contributed by atoms with E-state index in [1.165, 1.54) is 11.3 Å². The molecule has 1 aromatic rings. The highest BCUT2D eigenvalue weighted by molar-refractivity contribution is 7.89. The molecule has 0 saturated heterocycles. The van der Waals surface area contributed by atoms with E-state index in [-0.39, 0.29) is 6.04 Å². The maximum atomic E-state index is 12.3. The summed E-state index contributed by atoms with van der Waals surface area (Å²) >= 11 is 1.49. The molecule has 0 aliphatic heterocycles. The van der Waals surface area contributed by atoms with Crippen LogP contribution in [0.15, 0.2) is 16.3 Å². The molecule has 0 amide bonds. The van der Waals surface area contributed by atoms with Crippen molar-refractivity contribution in [2.24, 2.45) is 0 Å². The monoisotopic (exact) mass is 304 g/mol. The van der Waals surface area contributed by atoms with E-state index in [9.17, 15) is 8.42 Å². The second-order valence-corrected chi connectivity index (χ2v) is 7.20. The Balaban J connectivity index is 2.80. The van der Waals surface area contributed by atoms with Crippen LogP contribution >= 0.6 is 11.3 Å². The molecule has 1 heterocycles. The molecule has 19 heavy (non-hydrogen) atoms. The van der Waals surface area contributed by atoms with Crippen molar-refractivity contribution in [3.05, 3.63) is 16.3 Å². The highest BCUT2D eigenvalue weighted by Crippen LogP contribution is 2.22. The summed E-state index contributed by atoms with van der Waals surface area (Å²) in [6.07, 6.45) is 2.66. The van der Waals surface area contributed by atoms with Crippen molar-refractivity contribution in [2.75, 3.05) is 6.54 Å². The third-order valence-electron chi connectivity index (χ3n) is 3.01. The lowest BCUT2D eigenvalue weighted by atomic mass is 10.2. The van der Waals surface area contributed by atoms with Gasteiger partial charge in [-0.1, -0.05) is 20.8 Å². The molecule has 1 rings (SSSR count). The third kappa shape index (κ3) is 4.87. The van der Waals surface area contributed by atoms with E-state index in [1.807, 2.05) is 19.2 Å². The molecule has 6 heteroatoms. The molecule has 0 aliphatic rings. The highest BCUT2D eigenvalue weighted by atomic mass is 32.2. The van der Waals surface area contributed by atoms with Crippen LogP contribution in [0.4, 0.5) is 0 Å². The van der Waals surface area contributed by atoms with Gasteiger partial charge in [-0.3, -0.25) is 0 Å². The first kappa shape index (κ1) is 16.6. The second-order valence-electron chi connectivity index (χ2n) is 4.52. The molecule has 0 fully saturated rings. The maximum Gasteiger partial charge on any atom is 0.241 e. The molecule has 0 spiro atoms. The fraction of sp³-hybridized carbons (Fsp3) is 0.692. The lowest BCUT2D eigenvalue weighted by Crippen LogP contribution is -2.34. The predicted molar refractivity (Wildman–Crippen MR) is 81.0 cm³/mol. The summed E-state index contributed by atoms with van der Waals surface area (Å²) < 4.78 is 27.5. The maximum absolute atomic E-state index is 12.3. The smallest absolute Gasteiger partial charge is 0.241 e. The van der Waals surface area contributed by atoms with E-state index >= 15 is 0 Å². The van der Waals surface area contributed by atoms with Gasteiger partial charge in [0.15, 0.2) is 0 Å². The summed E-state index contributed by atoms with van der Waals surface area (Å²) in [5.41, 5.74) is 0. The molecule has 2 N–H and O–H groups in total. The third-order valence-corrected chi connectivity index (χ3v) is 5.67. The van der Waals surface area contributed by atoms with Crippen molar-refractivity contribution in [1.29, 1.82) is 0 Å². The molecule has 1 aromatic heterocycles. The molecule has 0 unspecified atom stereocenters. The average Bonchev–Trinajstić information content (AvgIpc) is 2.85. The Kier molecular flexibility index (Phi) is 6.99. The van der Waals surface area contributed by atoms with Crippen LogP contribution in [0.5, 0.6) is 0 Å². The molecule has 0 aliphatic carbocycles. The summed E-state index contributed by atoms with van der Waals surface area (Å²) in [4.78, 5) is 1.31. The Morgan fingerprint density at radius 2 is 1.95 bits per heavy atom. The molecule has 0 saturated carbocycles. The first-order chi connectivity index (χ1) is 9.05.